The second-order valence-corrected chi connectivity index (χ2v) is 5.31. The number of carbonyl (C=O) groups is 1. The largest absolute Gasteiger partial charge is 0.507 e. The highest BCUT2D eigenvalue weighted by Crippen LogP contribution is 2.26. The number of nitrogens with zero attached hydrogens (tertiary/aromatic N) is 1. The Morgan fingerprint density at radius 3 is 2.65 bits per heavy atom. The number of imidazole rings is 1. The van der Waals surface area contributed by atoms with Crippen LogP contribution in [-0.4, -0.2) is 21.0 Å². The van der Waals surface area contributed by atoms with E-state index in [2.05, 4.69) is 15.3 Å². The van der Waals surface area contributed by atoms with Gasteiger partial charge in [0, 0.05) is 5.69 Å². The second-order valence-electron chi connectivity index (χ2n) is 5.31. The number of aromatic hydroxyl groups is 1. The number of fused-ring (bicyclic) bond motifs is 2. The van der Waals surface area contributed by atoms with Gasteiger partial charge >= 0.3 is 0 Å². The van der Waals surface area contributed by atoms with Crippen LogP contribution >= 0.6 is 0 Å². The lowest BCUT2D eigenvalue weighted by Gasteiger charge is -2.08. The van der Waals surface area contributed by atoms with Crippen LogP contribution in [0, 0.1) is 0 Å². The summed E-state index contributed by atoms with van der Waals surface area (Å²) in [7, 11) is 0. The van der Waals surface area contributed by atoms with Crippen LogP contribution < -0.4 is 5.32 Å². The van der Waals surface area contributed by atoms with Crippen LogP contribution in [0.2, 0.25) is 0 Å². The van der Waals surface area contributed by atoms with Crippen molar-refractivity contribution in [2.24, 2.45) is 0 Å². The van der Waals surface area contributed by atoms with Crippen LogP contribution in [0.3, 0.4) is 0 Å². The maximum Gasteiger partial charge on any atom is 0.259 e. The molecule has 0 atom stereocenters. The molecule has 0 unspecified atom stereocenters. The maximum absolute atomic E-state index is 12.5. The lowest BCUT2D eigenvalue weighted by atomic mass is 10.1. The molecule has 0 aliphatic carbocycles. The van der Waals surface area contributed by atoms with Crippen LogP contribution in [0.15, 0.2) is 60.9 Å². The predicted octanol–water partition coefficient (Wildman–Crippen LogP) is 3.67. The molecule has 4 rings (SSSR count). The smallest absolute Gasteiger partial charge is 0.259 e. The van der Waals surface area contributed by atoms with E-state index in [9.17, 15) is 9.90 Å². The number of anilines is 1. The molecule has 0 bridgehead atoms. The van der Waals surface area contributed by atoms with E-state index in [4.69, 9.17) is 0 Å². The van der Waals surface area contributed by atoms with Crippen molar-refractivity contribution in [3.05, 3.63) is 66.5 Å². The summed E-state index contributed by atoms with van der Waals surface area (Å²) in [5.74, 6) is -0.393. The summed E-state index contributed by atoms with van der Waals surface area (Å²) in [5, 5.41) is 14.7. The third-order valence-electron chi connectivity index (χ3n) is 3.79. The van der Waals surface area contributed by atoms with Crippen LogP contribution in [0.25, 0.3) is 21.8 Å². The molecule has 5 nitrogen and oxygen atoms in total. The van der Waals surface area contributed by atoms with E-state index < -0.39 is 0 Å². The highest BCUT2D eigenvalue weighted by atomic mass is 16.3. The molecule has 0 aliphatic rings. The van der Waals surface area contributed by atoms with Gasteiger partial charge in [-0.05, 0) is 41.1 Å². The van der Waals surface area contributed by atoms with Gasteiger partial charge in [-0.25, -0.2) is 4.98 Å². The molecule has 0 fully saturated rings. The molecule has 1 aromatic heterocycles. The number of phenols is 1. The molecule has 1 amide bonds. The molecule has 0 spiro atoms. The van der Waals surface area contributed by atoms with Gasteiger partial charge in [0.2, 0.25) is 0 Å². The minimum atomic E-state index is -0.355. The van der Waals surface area contributed by atoms with E-state index in [0.29, 0.717) is 5.69 Å². The van der Waals surface area contributed by atoms with E-state index >= 15 is 0 Å². The van der Waals surface area contributed by atoms with Gasteiger partial charge in [-0.2, -0.15) is 0 Å². The Bertz CT molecular complexity index is 1040. The second kappa shape index (κ2) is 5.14. The Morgan fingerprint density at radius 2 is 1.83 bits per heavy atom. The van der Waals surface area contributed by atoms with Crippen LogP contribution in [-0.2, 0) is 0 Å². The SMILES string of the molecule is O=C(Nc1ccc2nc[nH]c2c1)c1cc2ccccc2cc1O. The maximum atomic E-state index is 12.5. The first-order valence-electron chi connectivity index (χ1n) is 7.17. The van der Waals surface area contributed by atoms with Gasteiger partial charge < -0.3 is 15.4 Å². The average Bonchev–Trinajstić information content (AvgIpc) is 3.01. The first kappa shape index (κ1) is 13.3. The fourth-order valence-electron chi connectivity index (χ4n) is 2.62. The molecule has 0 saturated heterocycles. The van der Waals surface area contributed by atoms with Gasteiger partial charge in [0.25, 0.3) is 5.91 Å². The van der Waals surface area contributed by atoms with Gasteiger partial charge in [-0.1, -0.05) is 24.3 Å². The minimum Gasteiger partial charge on any atom is -0.507 e. The number of benzene rings is 3. The molecular weight excluding hydrogens is 290 g/mol. The average molecular weight is 303 g/mol. The third kappa shape index (κ3) is 2.38. The highest BCUT2D eigenvalue weighted by molar-refractivity contribution is 6.09. The number of aromatic amines is 1. The van der Waals surface area contributed by atoms with Gasteiger partial charge in [0.15, 0.2) is 0 Å². The summed E-state index contributed by atoms with van der Waals surface area (Å²) in [4.78, 5) is 19.6. The van der Waals surface area contributed by atoms with Crippen molar-refractivity contribution in [3.63, 3.8) is 0 Å². The Hall–Kier alpha value is -3.34. The standard InChI is InChI=1S/C18H13N3O2/c22-17-8-12-4-2-1-3-11(12)7-14(17)18(23)21-13-5-6-15-16(9-13)20-10-19-15/h1-10,22H,(H,19,20)(H,21,23). The summed E-state index contributed by atoms with van der Waals surface area (Å²) >= 11 is 0. The fourth-order valence-corrected chi connectivity index (χ4v) is 2.62. The normalized spacial score (nSPS) is 11.0. The Labute approximate surface area is 131 Å². The van der Waals surface area contributed by atoms with E-state index in [-0.39, 0.29) is 17.2 Å². The highest BCUT2D eigenvalue weighted by Gasteiger charge is 2.13. The number of hydrogen-bond donors (Lipinski definition) is 3. The van der Waals surface area contributed by atoms with Gasteiger partial charge in [-0.3, -0.25) is 4.79 Å². The van der Waals surface area contributed by atoms with Crippen LogP contribution in [0.1, 0.15) is 10.4 Å². The minimum absolute atomic E-state index is 0.0381. The number of nitrogens with one attached hydrogen (secondary N) is 2. The molecule has 0 aliphatic heterocycles. The van der Waals surface area contributed by atoms with Crippen molar-refractivity contribution < 1.29 is 9.90 Å². The Kier molecular flexibility index (Phi) is 2.98. The lowest BCUT2D eigenvalue weighted by molar-refractivity contribution is 0.102. The predicted molar refractivity (Wildman–Crippen MR) is 89.7 cm³/mol. The number of rotatable bonds is 2. The molecule has 3 N–H and O–H groups in total. The topological polar surface area (TPSA) is 78.0 Å². The monoisotopic (exact) mass is 303 g/mol. The number of hydrogen-bond acceptors (Lipinski definition) is 3. The fraction of sp³-hybridized carbons (Fsp3) is 0. The molecule has 4 aromatic rings. The molecule has 5 heteroatoms. The zero-order valence-electron chi connectivity index (χ0n) is 12.1. The number of H-pyrrole nitrogens is 1. The summed E-state index contributed by atoms with van der Waals surface area (Å²) in [6.07, 6.45) is 1.60. The van der Waals surface area contributed by atoms with Crippen LogP contribution in [0.5, 0.6) is 5.75 Å². The van der Waals surface area contributed by atoms with Gasteiger partial charge in [-0.15, -0.1) is 0 Å². The summed E-state index contributed by atoms with van der Waals surface area (Å²) < 4.78 is 0. The molecule has 112 valence electrons. The molecule has 23 heavy (non-hydrogen) atoms. The number of phenolic OH excluding ortho intramolecular Hbond substituents is 1. The van der Waals surface area contributed by atoms with Crippen molar-refractivity contribution >= 4 is 33.4 Å². The van der Waals surface area contributed by atoms with Crippen molar-refractivity contribution in [1.29, 1.82) is 0 Å². The van der Waals surface area contributed by atoms with Crippen LogP contribution in [0.4, 0.5) is 5.69 Å². The third-order valence-corrected chi connectivity index (χ3v) is 3.79. The zero-order valence-corrected chi connectivity index (χ0v) is 12.1. The van der Waals surface area contributed by atoms with E-state index in [0.717, 1.165) is 21.8 Å². The van der Waals surface area contributed by atoms with Crippen molar-refractivity contribution in [3.8, 4) is 5.75 Å². The van der Waals surface area contributed by atoms with Gasteiger partial charge in [0.1, 0.15) is 5.75 Å². The number of amides is 1. The molecular formula is C18H13N3O2. The van der Waals surface area contributed by atoms with Crippen molar-refractivity contribution in [2.45, 2.75) is 0 Å². The molecule has 0 radical (unpaired) electrons. The van der Waals surface area contributed by atoms with Crippen molar-refractivity contribution in [2.75, 3.05) is 5.32 Å². The quantitative estimate of drug-likeness (QED) is 0.528. The summed E-state index contributed by atoms with van der Waals surface area (Å²) in [6, 6.07) is 16.3. The Balaban J connectivity index is 1.69. The molecule has 0 saturated carbocycles. The zero-order chi connectivity index (χ0) is 15.8. The Morgan fingerprint density at radius 1 is 1.04 bits per heavy atom. The van der Waals surface area contributed by atoms with E-state index in [1.165, 1.54) is 0 Å². The lowest BCUT2D eigenvalue weighted by Crippen LogP contribution is -2.12. The first-order valence-corrected chi connectivity index (χ1v) is 7.17. The number of carbonyl (C=O) groups excluding carboxylic acids is 1. The van der Waals surface area contributed by atoms with E-state index in [1.807, 2.05) is 30.3 Å². The summed E-state index contributed by atoms with van der Waals surface area (Å²) in [6.45, 7) is 0. The number of aromatic nitrogens is 2. The van der Waals surface area contributed by atoms with Gasteiger partial charge in [0.05, 0.1) is 22.9 Å². The van der Waals surface area contributed by atoms with Crippen molar-refractivity contribution in [1.82, 2.24) is 9.97 Å². The summed E-state index contributed by atoms with van der Waals surface area (Å²) in [5.41, 5.74) is 2.55. The molecule has 3 aromatic carbocycles. The van der Waals surface area contributed by atoms with E-state index in [1.54, 1.807) is 30.6 Å². The first-order chi connectivity index (χ1) is 11.2. The molecule has 1 heterocycles.